The van der Waals surface area contributed by atoms with Crippen molar-refractivity contribution >= 4 is 27.4 Å². The summed E-state index contributed by atoms with van der Waals surface area (Å²) in [6.07, 6.45) is 1.47. The summed E-state index contributed by atoms with van der Waals surface area (Å²) >= 11 is 1.35. The maximum absolute atomic E-state index is 11.6. The molecule has 2 heterocycles. The number of hydrogen-bond donors (Lipinski definition) is 3. The quantitative estimate of drug-likeness (QED) is 0.464. The van der Waals surface area contributed by atoms with Crippen molar-refractivity contribution in [2.75, 3.05) is 0 Å². The van der Waals surface area contributed by atoms with Crippen LogP contribution in [0.3, 0.4) is 0 Å². The number of nitrogens with two attached hydrogens (primary N) is 1. The van der Waals surface area contributed by atoms with E-state index in [1.165, 1.54) is 17.5 Å². The zero-order valence-corrected chi connectivity index (χ0v) is 7.44. The minimum absolute atomic E-state index is 0.170. The van der Waals surface area contributed by atoms with E-state index in [2.05, 4.69) is 4.98 Å². The molecular formula is C8H7N3OS. The van der Waals surface area contributed by atoms with Crippen molar-refractivity contribution < 1.29 is 0 Å². The Labute approximate surface area is 77.5 Å². The molecule has 4 nitrogen and oxygen atoms in total. The summed E-state index contributed by atoms with van der Waals surface area (Å²) in [5, 5.41) is 8.99. The average Bonchev–Trinajstić information content (AvgIpc) is 2.52. The summed E-state index contributed by atoms with van der Waals surface area (Å²) in [6, 6.07) is 1.82. The molecule has 0 unspecified atom stereocenters. The average molecular weight is 193 g/mol. The van der Waals surface area contributed by atoms with E-state index in [0.717, 1.165) is 5.52 Å². The lowest BCUT2D eigenvalue weighted by molar-refractivity contribution is 1.34. The molecule has 0 aliphatic carbocycles. The molecule has 13 heavy (non-hydrogen) atoms. The Hall–Kier alpha value is -1.62. The molecule has 5 heteroatoms. The molecule has 0 amide bonds. The number of aromatic nitrogens is 1. The smallest absolute Gasteiger partial charge is 0.210 e. The standard InChI is InChI=1S/C8H7N3OS/c9-8(10)4-3-11-5-1-2-13-7(5)6(4)12/h1-3H,(H3,9,10)(H,11,12). The van der Waals surface area contributed by atoms with E-state index in [4.69, 9.17) is 11.1 Å². The number of aromatic amines is 1. The lowest BCUT2D eigenvalue weighted by Crippen LogP contribution is -2.21. The van der Waals surface area contributed by atoms with Gasteiger partial charge in [-0.05, 0) is 11.4 Å². The first-order chi connectivity index (χ1) is 6.20. The topological polar surface area (TPSA) is 82.7 Å². The summed E-state index contributed by atoms with van der Waals surface area (Å²) in [6.45, 7) is 0. The van der Waals surface area contributed by atoms with Crippen molar-refractivity contribution in [2.45, 2.75) is 0 Å². The van der Waals surface area contributed by atoms with E-state index >= 15 is 0 Å². The number of nitrogens with one attached hydrogen (secondary N) is 2. The third-order valence-corrected chi connectivity index (χ3v) is 2.69. The van der Waals surface area contributed by atoms with Crippen molar-refractivity contribution in [1.29, 1.82) is 5.41 Å². The summed E-state index contributed by atoms with van der Waals surface area (Å²) < 4.78 is 0.618. The normalized spacial score (nSPS) is 10.5. The summed E-state index contributed by atoms with van der Waals surface area (Å²) in [4.78, 5) is 14.5. The Morgan fingerprint density at radius 3 is 3.08 bits per heavy atom. The second-order valence-electron chi connectivity index (χ2n) is 2.61. The van der Waals surface area contributed by atoms with Gasteiger partial charge >= 0.3 is 0 Å². The highest BCUT2D eigenvalue weighted by atomic mass is 32.1. The van der Waals surface area contributed by atoms with Crippen LogP contribution in [0, 0.1) is 5.41 Å². The van der Waals surface area contributed by atoms with E-state index in [0.29, 0.717) is 4.70 Å². The molecule has 0 aliphatic rings. The highest BCUT2D eigenvalue weighted by Crippen LogP contribution is 2.14. The Morgan fingerprint density at radius 2 is 2.38 bits per heavy atom. The van der Waals surface area contributed by atoms with Crippen molar-refractivity contribution in [3.63, 3.8) is 0 Å². The molecule has 0 atom stereocenters. The van der Waals surface area contributed by atoms with Crippen LogP contribution >= 0.6 is 11.3 Å². The van der Waals surface area contributed by atoms with Crippen molar-refractivity contribution in [3.05, 3.63) is 33.4 Å². The van der Waals surface area contributed by atoms with Gasteiger partial charge in [-0.2, -0.15) is 0 Å². The van der Waals surface area contributed by atoms with Crippen molar-refractivity contribution in [3.8, 4) is 0 Å². The highest BCUT2D eigenvalue weighted by molar-refractivity contribution is 7.17. The van der Waals surface area contributed by atoms with Crippen molar-refractivity contribution in [2.24, 2.45) is 5.73 Å². The van der Waals surface area contributed by atoms with Gasteiger partial charge in [-0.15, -0.1) is 11.3 Å². The molecule has 2 rings (SSSR count). The first-order valence-corrected chi connectivity index (χ1v) is 4.51. The minimum atomic E-state index is -0.198. The van der Waals surface area contributed by atoms with Gasteiger partial charge in [0.25, 0.3) is 0 Å². The van der Waals surface area contributed by atoms with Crippen LogP contribution in [0.15, 0.2) is 22.4 Å². The lowest BCUT2D eigenvalue weighted by atomic mass is 10.2. The number of fused-ring (bicyclic) bond motifs is 1. The molecule has 2 aromatic heterocycles. The number of rotatable bonds is 1. The van der Waals surface area contributed by atoms with Crippen LogP contribution in [0.2, 0.25) is 0 Å². The van der Waals surface area contributed by atoms with Crippen molar-refractivity contribution in [1.82, 2.24) is 4.98 Å². The second kappa shape index (κ2) is 2.70. The molecule has 0 bridgehead atoms. The van der Waals surface area contributed by atoms with E-state index in [1.807, 2.05) is 11.4 Å². The maximum Gasteiger partial charge on any atom is 0.210 e. The molecule has 0 aliphatic heterocycles. The van der Waals surface area contributed by atoms with Crippen LogP contribution in [0.1, 0.15) is 5.56 Å². The van der Waals surface area contributed by atoms with E-state index < -0.39 is 0 Å². The zero-order valence-electron chi connectivity index (χ0n) is 6.63. The van der Waals surface area contributed by atoms with Gasteiger partial charge in [-0.3, -0.25) is 10.2 Å². The molecule has 66 valence electrons. The van der Waals surface area contributed by atoms with Crippen LogP contribution in [0.5, 0.6) is 0 Å². The molecule has 0 spiro atoms. The van der Waals surface area contributed by atoms with Crippen LogP contribution in [0.25, 0.3) is 10.2 Å². The summed E-state index contributed by atoms with van der Waals surface area (Å²) in [5.74, 6) is -0.198. The van der Waals surface area contributed by atoms with Gasteiger partial charge in [0.15, 0.2) is 0 Å². The molecule has 0 radical (unpaired) electrons. The number of nitrogen functional groups attached to an aromatic ring is 1. The second-order valence-corrected chi connectivity index (χ2v) is 3.52. The molecular weight excluding hydrogens is 186 g/mol. The number of thiophene rings is 1. The third-order valence-electron chi connectivity index (χ3n) is 1.78. The largest absolute Gasteiger partial charge is 0.384 e. The van der Waals surface area contributed by atoms with Crippen LogP contribution in [-0.2, 0) is 0 Å². The lowest BCUT2D eigenvalue weighted by Gasteiger charge is -1.96. The van der Waals surface area contributed by atoms with Crippen LogP contribution in [-0.4, -0.2) is 10.8 Å². The molecule has 0 aromatic carbocycles. The minimum Gasteiger partial charge on any atom is -0.384 e. The fourth-order valence-corrected chi connectivity index (χ4v) is 1.95. The molecule has 0 saturated heterocycles. The number of hydrogen-bond acceptors (Lipinski definition) is 3. The number of H-pyrrole nitrogens is 1. The predicted molar refractivity (Wildman–Crippen MR) is 53.5 cm³/mol. The van der Waals surface area contributed by atoms with Gasteiger partial charge in [0, 0.05) is 6.20 Å². The third kappa shape index (κ3) is 1.13. The summed E-state index contributed by atoms with van der Waals surface area (Å²) in [5.41, 5.74) is 6.10. The number of pyridine rings is 1. The molecule has 2 aromatic rings. The van der Waals surface area contributed by atoms with Gasteiger partial charge in [0.1, 0.15) is 5.84 Å². The van der Waals surface area contributed by atoms with Gasteiger partial charge in [-0.25, -0.2) is 0 Å². The SMILES string of the molecule is N=C(N)c1c[nH]c2ccsc2c1=O. The summed E-state index contributed by atoms with van der Waals surface area (Å²) in [7, 11) is 0. The van der Waals surface area contributed by atoms with E-state index in [1.54, 1.807) is 0 Å². The van der Waals surface area contributed by atoms with Crippen LogP contribution in [0.4, 0.5) is 0 Å². The maximum atomic E-state index is 11.6. The zero-order chi connectivity index (χ0) is 9.42. The fourth-order valence-electron chi connectivity index (χ4n) is 1.14. The molecule has 0 fully saturated rings. The predicted octanol–water partition coefficient (Wildman–Crippen LogP) is 0.874. The first-order valence-electron chi connectivity index (χ1n) is 3.63. The fraction of sp³-hybridized carbons (Fsp3) is 0. The van der Waals surface area contributed by atoms with Gasteiger partial charge in [0.2, 0.25) is 5.43 Å². The van der Waals surface area contributed by atoms with E-state index in [9.17, 15) is 4.79 Å². The first kappa shape index (κ1) is 8.00. The Morgan fingerprint density at radius 1 is 1.62 bits per heavy atom. The van der Waals surface area contributed by atoms with Gasteiger partial charge < -0.3 is 10.7 Å². The number of amidine groups is 1. The monoisotopic (exact) mass is 193 g/mol. The highest BCUT2D eigenvalue weighted by Gasteiger charge is 2.07. The Bertz CT molecular complexity index is 525. The Balaban J connectivity index is 2.89. The Kier molecular flexibility index (Phi) is 1.66. The van der Waals surface area contributed by atoms with Gasteiger partial charge in [0.05, 0.1) is 15.8 Å². The van der Waals surface area contributed by atoms with Crippen LogP contribution < -0.4 is 11.2 Å². The van der Waals surface area contributed by atoms with Gasteiger partial charge in [-0.1, -0.05) is 0 Å². The molecule has 0 saturated carbocycles. The molecule has 4 N–H and O–H groups in total. The van der Waals surface area contributed by atoms with E-state index in [-0.39, 0.29) is 16.8 Å².